The molecule has 7 nitrogen and oxygen atoms in total. The molecule has 112 valence electrons. The molecule has 0 amide bonds. The zero-order chi connectivity index (χ0) is 15.5. The van der Waals surface area contributed by atoms with E-state index in [1.54, 1.807) is 17.1 Å². The lowest BCUT2D eigenvalue weighted by Gasteiger charge is -2.27. The van der Waals surface area contributed by atoms with Crippen LogP contribution in [0.5, 0.6) is 0 Å². The molecule has 0 spiro atoms. The minimum Gasteiger partial charge on any atom is -0.458 e. The summed E-state index contributed by atoms with van der Waals surface area (Å²) in [4.78, 5) is 20.6. The van der Waals surface area contributed by atoms with Crippen LogP contribution in [0.15, 0.2) is 54.8 Å². The molecule has 3 rings (SSSR count). The number of carbonyl (C=O) groups is 1. The first kappa shape index (κ1) is 14.0. The highest BCUT2D eigenvalue weighted by atomic mass is 16.5. The monoisotopic (exact) mass is 297 g/mol. The van der Waals surface area contributed by atoms with Crippen molar-refractivity contribution in [2.24, 2.45) is 0 Å². The summed E-state index contributed by atoms with van der Waals surface area (Å²) in [7, 11) is 0. The Morgan fingerprint density at radius 2 is 2.27 bits per heavy atom. The molecular weight excluding hydrogens is 282 g/mol. The molecule has 0 radical (unpaired) electrons. The van der Waals surface area contributed by atoms with Gasteiger partial charge in [0.25, 0.3) is 0 Å². The number of nitrogens with one attached hydrogen (secondary N) is 1. The van der Waals surface area contributed by atoms with Gasteiger partial charge in [0.2, 0.25) is 5.95 Å². The molecule has 0 aliphatic carbocycles. The van der Waals surface area contributed by atoms with E-state index in [4.69, 9.17) is 4.74 Å². The van der Waals surface area contributed by atoms with Crippen molar-refractivity contribution in [1.82, 2.24) is 19.7 Å². The number of hydrogen-bond acceptors (Lipinski definition) is 6. The van der Waals surface area contributed by atoms with E-state index in [9.17, 15) is 4.79 Å². The molecule has 0 saturated carbocycles. The third-order valence-corrected chi connectivity index (χ3v) is 3.37. The quantitative estimate of drug-likeness (QED) is 0.683. The summed E-state index contributed by atoms with van der Waals surface area (Å²) in [6, 6.07) is 3.28. The zero-order valence-corrected chi connectivity index (χ0v) is 12.1. The number of carbonyl (C=O) groups excluding carboxylic acids is 1. The topological polar surface area (TPSA) is 81.9 Å². The summed E-state index contributed by atoms with van der Waals surface area (Å²) in [6.07, 6.45) is 6.33. The number of hydrogen-bond donors (Lipinski definition) is 1. The van der Waals surface area contributed by atoms with Gasteiger partial charge in [-0.15, -0.1) is 0 Å². The van der Waals surface area contributed by atoms with Gasteiger partial charge in [0, 0.05) is 18.1 Å². The molecule has 0 bridgehead atoms. The summed E-state index contributed by atoms with van der Waals surface area (Å²) in [5.41, 5.74) is 2.07. The first-order valence-corrected chi connectivity index (χ1v) is 6.77. The number of rotatable bonds is 4. The van der Waals surface area contributed by atoms with E-state index < -0.39 is 12.0 Å². The van der Waals surface area contributed by atoms with Crippen LogP contribution >= 0.6 is 0 Å². The maximum absolute atomic E-state index is 12.4. The third kappa shape index (κ3) is 2.37. The van der Waals surface area contributed by atoms with Crippen molar-refractivity contribution in [3.05, 3.63) is 60.3 Å². The molecule has 1 aliphatic heterocycles. The average molecular weight is 297 g/mol. The number of ether oxygens (including phenoxy) is 1. The molecule has 0 fully saturated rings. The molecule has 0 aromatic carbocycles. The van der Waals surface area contributed by atoms with Crippen molar-refractivity contribution < 1.29 is 9.53 Å². The van der Waals surface area contributed by atoms with Gasteiger partial charge in [-0.3, -0.25) is 4.98 Å². The molecule has 2 aromatic heterocycles. The fourth-order valence-corrected chi connectivity index (χ4v) is 2.42. The predicted molar refractivity (Wildman–Crippen MR) is 79.9 cm³/mol. The zero-order valence-electron chi connectivity index (χ0n) is 12.1. The largest absolute Gasteiger partial charge is 0.458 e. The van der Waals surface area contributed by atoms with E-state index in [0.29, 0.717) is 17.2 Å². The van der Waals surface area contributed by atoms with Crippen LogP contribution in [0.2, 0.25) is 0 Å². The summed E-state index contributed by atoms with van der Waals surface area (Å²) >= 11 is 0. The summed E-state index contributed by atoms with van der Waals surface area (Å²) < 4.78 is 6.87. The second kappa shape index (κ2) is 5.80. The molecule has 1 N–H and O–H groups in total. The van der Waals surface area contributed by atoms with E-state index in [-0.39, 0.29) is 6.61 Å². The Balaban J connectivity index is 2.08. The van der Waals surface area contributed by atoms with Crippen LogP contribution in [-0.4, -0.2) is 32.3 Å². The Morgan fingerprint density at radius 1 is 1.50 bits per heavy atom. The number of allylic oxidation sites excluding steroid dienone is 1. The number of nitrogens with zero attached hydrogens (tertiary/aromatic N) is 4. The summed E-state index contributed by atoms with van der Waals surface area (Å²) in [6.45, 7) is 5.53. The molecule has 2 aromatic rings. The molecule has 22 heavy (non-hydrogen) atoms. The first-order valence-electron chi connectivity index (χ1n) is 6.77. The highest BCUT2D eigenvalue weighted by molar-refractivity contribution is 5.92. The van der Waals surface area contributed by atoms with Gasteiger partial charge >= 0.3 is 5.97 Å². The van der Waals surface area contributed by atoms with Crippen molar-refractivity contribution >= 4 is 11.9 Å². The molecule has 3 heterocycles. The lowest BCUT2D eigenvalue weighted by Crippen LogP contribution is -2.29. The van der Waals surface area contributed by atoms with Crippen LogP contribution in [-0.2, 0) is 9.53 Å². The van der Waals surface area contributed by atoms with E-state index in [0.717, 1.165) is 5.56 Å². The predicted octanol–water partition coefficient (Wildman–Crippen LogP) is 1.69. The highest BCUT2D eigenvalue weighted by Crippen LogP contribution is 2.34. The standard InChI is InChI=1S/C15H15N5O2/c1-3-8-22-14(21)12-10(2)19-15-17-9-18-20(15)13(12)11-4-6-16-7-5-11/h3-7,9,13H,1,8H2,2H3,(H,17,18,19)/t13-/m0/s1. The molecule has 0 saturated heterocycles. The number of pyridine rings is 1. The summed E-state index contributed by atoms with van der Waals surface area (Å²) in [5.74, 6) is 0.174. The van der Waals surface area contributed by atoms with Gasteiger partial charge in [0.15, 0.2) is 0 Å². The van der Waals surface area contributed by atoms with Crippen molar-refractivity contribution in [3.63, 3.8) is 0 Å². The Hall–Kier alpha value is -2.96. The average Bonchev–Trinajstić information content (AvgIpc) is 2.99. The van der Waals surface area contributed by atoms with Crippen molar-refractivity contribution in [3.8, 4) is 0 Å². The van der Waals surface area contributed by atoms with Gasteiger partial charge in [0.05, 0.1) is 5.57 Å². The van der Waals surface area contributed by atoms with Crippen molar-refractivity contribution in [2.45, 2.75) is 13.0 Å². The molecule has 0 unspecified atom stereocenters. The fourth-order valence-electron chi connectivity index (χ4n) is 2.42. The lowest BCUT2D eigenvalue weighted by atomic mass is 9.97. The number of anilines is 1. The Bertz CT molecular complexity index is 735. The van der Waals surface area contributed by atoms with Gasteiger partial charge in [-0.2, -0.15) is 10.1 Å². The van der Waals surface area contributed by atoms with Crippen molar-refractivity contribution in [2.75, 3.05) is 11.9 Å². The number of esters is 1. The Morgan fingerprint density at radius 3 is 3.00 bits per heavy atom. The van der Waals surface area contributed by atoms with Gasteiger partial charge in [-0.25, -0.2) is 9.48 Å². The highest BCUT2D eigenvalue weighted by Gasteiger charge is 2.34. The van der Waals surface area contributed by atoms with Gasteiger partial charge in [-0.1, -0.05) is 12.7 Å². The molecule has 1 aliphatic rings. The molecule has 7 heteroatoms. The maximum atomic E-state index is 12.4. The van der Waals surface area contributed by atoms with Crippen molar-refractivity contribution in [1.29, 1.82) is 0 Å². The first-order chi connectivity index (χ1) is 10.7. The van der Waals surface area contributed by atoms with E-state index in [1.165, 1.54) is 12.4 Å². The maximum Gasteiger partial charge on any atom is 0.338 e. The molecule has 1 atom stereocenters. The second-order valence-electron chi connectivity index (χ2n) is 4.76. The normalized spacial score (nSPS) is 16.7. The SMILES string of the molecule is C=CCOC(=O)C1=C(C)Nc2ncnn2[C@H]1c1ccncc1. The van der Waals surface area contributed by atoms with E-state index >= 15 is 0 Å². The van der Waals surface area contributed by atoms with Crippen LogP contribution in [0.1, 0.15) is 18.5 Å². The fraction of sp³-hybridized carbons (Fsp3) is 0.200. The minimum atomic E-state index is -0.409. The van der Waals surface area contributed by atoms with Gasteiger partial charge < -0.3 is 10.1 Å². The third-order valence-electron chi connectivity index (χ3n) is 3.37. The summed E-state index contributed by atoms with van der Waals surface area (Å²) in [5, 5.41) is 7.30. The number of aromatic nitrogens is 4. The Labute approximate surface area is 127 Å². The number of fused-ring (bicyclic) bond motifs is 1. The smallest absolute Gasteiger partial charge is 0.338 e. The minimum absolute atomic E-state index is 0.156. The van der Waals surface area contributed by atoms with Gasteiger partial charge in [0.1, 0.15) is 19.0 Å². The molecular formula is C15H15N5O2. The van der Waals surface area contributed by atoms with Crippen LogP contribution in [0.4, 0.5) is 5.95 Å². The van der Waals surface area contributed by atoms with E-state index in [1.807, 2.05) is 19.1 Å². The van der Waals surface area contributed by atoms with E-state index in [2.05, 4.69) is 27.0 Å². The Kier molecular flexibility index (Phi) is 3.69. The van der Waals surface area contributed by atoms with Crippen LogP contribution in [0, 0.1) is 0 Å². The van der Waals surface area contributed by atoms with Gasteiger partial charge in [-0.05, 0) is 24.6 Å². The van der Waals surface area contributed by atoms with Crippen LogP contribution in [0.25, 0.3) is 0 Å². The van der Waals surface area contributed by atoms with Crippen LogP contribution in [0.3, 0.4) is 0 Å². The second-order valence-corrected chi connectivity index (χ2v) is 4.76. The lowest BCUT2D eigenvalue weighted by molar-refractivity contribution is -0.138. The van der Waals surface area contributed by atoms with Crippen LogP contribution < -0.4 is 5.32 Å².